The summed E-state index contributed by atoms with van der Waals surface area (Å²) in [5.74, 6) is 0.846. The average molecular weight is 278 g/mol. The smallest absolute Gasteiger partial charge is 0.226 e. The standard InChI is InChI=1S/C15H22N2O3/c1-11-9-17(10-12(2)20-11)15(18)7-8-19-14-5-3-13(16)4-6-14/h3-6,11-12H,7-10,16H2,1-2H3. The van der Waals surface area contributed by atoms with Gasteiger partial charge in [0.1, 0.15) is 5.75 Å². The van der Waals surface area contributed by atoms with Crippen LogP contribution >= 0.6 is 0 Å². The fraction of sp³-hybridized carbons (Fsp3) is 0.533. The second-order valence-corrected chi connectivity index (χ2v) is 5.22. The molecule has 1 aliphatic rings. The maximum Gasteiger partial charge on any atom is 0.226 e. The van der Waals surface area contributed by atoms with Gasteiger partial charge in [-0.1, -0.05) is 0 Å². The lowest BCUT2D eigenvalue weighted by Gasteiger charge is -2.35. The van der Waals surface area contributed by atoms with Crippen molar-refractivity contribution in [3.63, 3.8) is 0 Å². The highest BCUT2D eigenvalue weighted by atomic mass is 16.5. The molecule has 0 aromatic heterocycles. The number of nitrogens with zero attached hydrogens (tertiary/aromatic N) is 1. The normalized spacial score (nSPS) is 22.6. The zero-order valence-corrected chi connectivity index (χ0v) is 12.0. The van der Waals surface area contributed by atoms with Crippen LogP contribution in [0, 0.1) is 0 Å². The topological polar surface area (TPSA) is 64.8 Å². The molecule has 110 valence electrons. The molecule has 20 heavy (non-hydrogen) atoms. The molecule has 5 heteroatoms. The Morgan fingerprint density at radius 3 is 2.50 bits per heavy atom. The predicted octanol–water partition coefficient (Wildman–Crippen LogP) is 1.67. The highest BCUT2D eigenvalue weighted by Gasteiger charge is 2.25. The van der Waals surface area contributed by atoms with Crippen LogP contribution in [0.2, 0.25) is 0 Å². The Balaban J connectivity index is 1.76. The van der Waals surface area contributed by atoms with Crippen LogP contribution in [0.3, 0.4) is 0 Å². The van der Waals surface area contributed by atoms with Crippen molar-refractivity contribution in [2.45, 2.75) is 32.5 Å². The highest BCUT2D eigenvalue weighted by molar-refractivity contribution is 5.76. The second kappa shape index (κ2) is 6.61. The molecule has 0 aliphatic carbocycles. The number of hydrogen-bond donors (Lipinski definition) is 1. The molecule has 0 spiro atoms. The lowest BCUT2D eigenvalue weighted by Crippen LogP contribution is -2.48. The van der Waals surface area contributed by atoms with Crippen LogP contribution in [0.15, 0.2) is 24.3 Å². The summed E-state index contributed by atoms with van der Waals surface area (Å²) in [6.07, 6.45) is 0.575. The first kappa shape index (κ1) is 14.7. The Morgan fingerprint density at radius 2 is 1.90 bits per heavy atom. The van der Waals surface area contributed by atoms with Crippen molar-refractivity contribution in [3.05, 3.63) is 24.3 Å². The number of morpholine rings is 1. The molecule has 1 heterocycles. The Hall–Kier alpha value is -1.75. The SMILES string of the molecule is CC1CN(C(=O)CCOc2ccc(N)cc2)CC(C)O1. The molecule has 1 aromatic rings. The fourth-order valence-corrected chi connectivity index (χ4v) is 2.36. The third-order valence-corrected chi connectivity index (χ3v) is 3.24. The van der Waals surface area contributed by atoms with Crippen molar-refractivity contribution in [3.8, 4) is 5.75 Å². The van der Waals surface area contributed by atoms with Gasteiger partial charge in [0.25, 0.3) is 0 Å². The quantitative estimate of drug-likeness (QED) is 0.851. The third-order valence-electron chi connectivity index (χ3n) is 3.24. The number of rotatable bonds is 4. The Kier molecular flexibility index (Phi) is 4.84. The molecule has 1 fully saturated rings. The molecule has 1 aliphatic heterocycles. The molecule has 1 aromatic carbocycles. The average Bonchev–Trinajstić information content (AvgIpc) is 2.40. The summed E-state index contributed by atoms with van der Waals surface area (Å²) in [6.45, 7) is 5.67. The monoisotopic (exact) mass is 278 g/mol. The minimum Gasteiger partial charge on any atom is -0.493 e. The van der Waals surface area contributed by atoms with E-state index in [1.807, 2.05) is 18.7 Å². The number of carbonyl (C=O) groups is 1. The van der Waals surface area contributed by atoms with Crippen molar-refractivity contribution in [1.82, 2.24) is 4.90 Å². The first-order valence-corrected chi connectivity index (χ1v) is 6.96. The van der Waals surface area contributed by atoms with Crippen molar-refractivity contribution in [2.24, 2.45) is 0 Å². The van der Waals surface area contributed by atoms with E-state index >= 15 is 0 Å². The van der Waals surface area contributed by atoms with Crippen molar-refractivity contribution < 1.29 is 14.3 Å². The summed E-state index contributed by atoms with van der Waals surface area (Å²) in [7, 11) is 0. The largest absolute Gasteiger partial charge is 0.493 e. The van der Waals surface area contributed by atoms with Crippen LogP contribution < -0.4 is 10.5 Å². The van der Waals surface area contributed by atoms with Gasteiger partial charge in [0.15, 0.2) is 0 Å². The molecule has 2 unspecified atom stereocenters. The Labute approximate surface area is 119 Å². The van der Waals surface area contributed by atoms with Gasteiger partial charge in [0.05, 0.1) is 25.2 Å². The van der Waals surface area contributed by atoms with Crippen LogP contribution in [0.5, 0.6) is 5.75 Å². The van der Waals surface area contributed by atoms with E-state index in [2.05, 4.69) is 0 Å². The summed E-state index contributed by atoms with van der Waals surface area (Å²) in [4.78, 5) is 14.0. The van der Waals surface area contributed by atoms with Gasteiger partial charge in [-0.2, -0.15) is 0 Å². The molecular weight excluding hydrogens is 256 g/mol. The van der Waals surface area contributed by atoms with Crippen LogP contribution in [-0.4, -0.2) is 42.7 Å². The van der Waals surface area contributed by atoms with Crippen LogP contribution in [-0.2, 0) is 9.53 Å². The molecule has 0 bridgehead atoms. The van der Waals surface area contributed by atoms with Crippen LogP contribution in [0.25, 0.3) is 0 Å². The molecular formula is C15H22N2O3. The molecule has 2 N–H and O–H groups in total. The van der Waals surface area contributed by atoms with Gasteiger partial charge >= 0.3 is 0 Å². The van der Waals surface area contributed by atoms with E-state index in [-0.39, 0.29) is 18.1 Å². The number of nitrogen functional groups attached to an aromatic ring is 1. The Morgan fingerprint density at radius 1 is 1.30 bits per heavy atom. The lowest BCUT2D eigenvalue weighted by molar-refractivity contribution is -0.143. The van der Waals surface area contributed by atoms with Crippen LogP contribution in [0.1, 0.15) is 20.3 Å². The van der Waals surface area contributed by atoms with Gasteiger partial charge in [0, 0.05) is 18.8 Å². The minimum absolute atomic E-state index is 0.0979. The number of amides is 1. The van der Waals surface area contributed by atoms with E-state index in [9.17, 15) is 4.79 Å². The van der Waals surface area contributed by atoms with E-state index in [1.165, 1.54) is 0 Å². The molecule has 0 saturated carbocycles. The number of nitrogens with two attached hydrogens (primary N) is 1. The lowest BCUT2D eigenvalue weighted by atomic mass is 10.2. The van der Waals surface area contributed by atoms with E-state index in [4.69, 9.17) is 15.2 Å². The number of benzene rings is 1. The summed E-state index contributed by atoms with van der Waals surface area (Å²) in [5.41, 5.74) is 6.30. The number of anilines is 1. The molecule has 2 rings (SSSR count). The number of carbonyl (C=O) groups excluding carboxylic acids is 1. The van der Waals surface area contributed by atoms with Crippen LogP contribution in [0.4, 0.5) is 5.69 Å². The number of hydrogen-bond acceptors (Lipinski definition) is 4. The van der Waals surface area contributed by atoms with Gasteiger partial charge in [0.2, 0.25) is 5.91 Å². The van der Waals surface area contributed by atoms with E-state index in [1.54, 1.807) is 24.3 Å². The molecule has 1 amide bonds. The molecule has 0 radical (unpaired) electrons. The van der Waals surface area contributed by atoms with Crippen molar-refractivity contribution in [1.29, 1.82) is 0 Å². The fourth-order valence-electron chi connectivity index (χ4n) is 2.36. The zero-order valence-electron chi connectivity index (χ0n) is 12.0. The summed E-state index contributed by atoms with van der Waals surface area (Å²) < 4.78 is 11.2. The second-order valence-electron chi connectivity index (χ2n) is 5.22. The van der Waals surface area contributed by atoms with Gasteiger partial charge in [-0.15, -0.1) is 0 Å². The zero-order chi connectivity index (χ0) is 14.5. The molecule has 5 nitrogen and oxygen atoms in total. The van der Waals surface area contributed by atoms with Crippen molar-refractivity contribution in [2.75, 3.05) is 25.4 Å². The van der Waals surface area contributed by atoms with Gasteiger partial charge in [-0.3, -0.25) is 4.79 Å². The molecule has 2 atom stereocenters. The van der Waals surface area contributed by atoms with Gasteiger partial charge in [-0.05, 0) is 38.1 Å². The maximum atomic E-state index is 12.1. The molecule has 1 saturated heterocycles. The predicted molar refractivity (Wildman–Crippen MR) is 77.6 cm³/mol. The third kappa shape index (κ3) is 4.13. The van der Waals surface area contributed by atoms with E-state index < -0.39 is 0 Å². The van der Waals surface area contributed by atoms with Gasteiger partial charge < -0.3 is 20.1 Å². The van der Waals surface area contributed by atoms with E-state index in [0.717, 1.165) is 5.75 Å². The maximum absolute atomic E-state index is 12.1. The minimum atomic E-state index is 0.0979. The highest BCUT2D eigenvalue weighted by Crippen LogP contribution is 2.14. The van der Waals surface area contributed by atoms with Crippen molar-refractivity contribution >= 4 is 11.6 Å². The van der Waals surface area contributed by atoms with Gasteiger partial charge in [-0.25, -0.2) is 0 Å². The first-order valence-electron chi connectivity index (χ1n) is 6.96. The Bertz CT molecular complexity index is 437. The van der Waals surface area contributed by atoms with E-state index in [0.29, 0.717) is 31.8 Å². The summed E-state index contributed by atoms with van der Waals surface area (Å²) in [5, 5.41) is 0. The summed E-state index contributed by atoms with van der Waals surface area (Å²) in [6, 6.07) is 7.17. The number of ether oxygens (including phenoxy) is 2. The first-order chi connectivity index (χ1) is 9.54. The summed E-state index contributed by atoms with van der Waals surface area (Å²) >= 11 is 0.